The molecule has 0 saturated heterocycles. The lowest BCUT2D eigenvalue weighted by molar-refractivity contribution is 0.0972. The third-order valence-corrected chi connectivity index (χ3v) is 3.75. The highest BCUT2D eigenvalue weighted by Crippen LogP contribution is 2.09. The first-order chi connectivity index (χ1) is 11.5. The maximum Gasteiger partial charge on any atom is 0.284 e. The summed E-state index contributed by atoms with van der Waals surface area (Å²) in [6.07, 6.45) is 1.04. The molecule has 0 saturated carbocycles. The van der Waals surface area contributed by atoms with Gasteiger partial charge < -0.3 is 20.4 Å². The molecule has 1 amide bonds. The predicted octanol–water partition coefficient (Wildman–Crippen LogP) is 2.15. The molecule has 0 aliphatic carbocycles. The second-order valence-electron chi connectivity index (χ2n) is 5.56. The fourth-order valence-corrected chi connectivity index (χ4v) is 2.39. The Kier molecular flexibility index (Phi) is 6.01. The number of hydrogen-bond acceptors (Lipinski definition) is 3. The van der Waals surface area contributed by atoms with Crippen molar-refractivity contribution in [3.8, 4) is 0 Å². The number of aliphatic imine (C=N–C) groups is 1. The summed E-state index contributed by atoms with van der Waals surface area (Å²) in [6, 6.07) is 11.9. The summed E-state index contributed by atoms with van der Waals surface area (Å²) < 4.78 is 5.35. The molecule has 0 bridgehead atoms. The minimum absolute atomic E-state index is 0.158. The number of hydrogen-bond donors (Lipinski definition) is 2. The number of primary amides is 1. The molecule has 0 atom stereocenters. The number of benzene rings is 1. The van der Waals surface area contributed by atoms with Crippen LogP contribution in [0, 0.1) is 0 Å². The van der Waals surface area contributed by atoms with E-state index in [-0.39, 0.29) is 5.76 Å². The number of nitrogens with zero attached hydrogens (tertiary/aromatic N) is 2. The number of nitrogens with one attached hydrogen (secondary N) is 1. The molecule has 1 heterocycles. The molecule has 0 spiro atoms. The van der Waals surface area contributed by atoms with Crippen LogP contribution in [0.5, 0.6) is 0 Å². The molecule has 24 heavy (non-hydrogen) atoms. The van der Waals surface area contributed by atoms with Crippen LogP contribution in [0.25, 0.3) is 0 Å². The van der Waals surface area contributed by atoms with Gasteiger partial charge in [0.15, 0.2) is 11.7 Å². The average molecular weight is 328 g/mol. The van der Waals surface area contributed by atoms with Crippen molar-refractivity contribution >= 4 is 11.9 Å². The van der Waals surface area contributed by atoms with Crippen LogP contribution in [0.1, 0.15) is 34.4 Å². The Bertz CT molecular complexity index is 704. The summed E-state index contributed by atoms with van der Waals surface area (Å²) in [5, 5.41) is 3.21. The molecule has 2 rings (SSSR count). The molecule has 128 valence electrons. The number of rotatable bonds is 6. The maximum absolute atomic E-state index is 11.0. The Labute approximate surface area is 142 Å². The number of furan rings is 1. The third kappa shape index (κ3) is 4.62. The van der Waals surface area contributed by atoms with Crippen LogP contribution >= 0.6 is 0 Å². The second kappa shape index (κ2) is 8.19. The van der Waals surface area contributed by atoms with Gasteiger partial charge in [-0.15, -0.1) is 0 Å². The molecular formula is C18H24N4O2. The van der Waals surface area contributed by atoms with Crippen molar-refractivity contribution in [1.29, 1.82) is 0 Å². The summed E-state index contributed by atoms with van der Waals surface area (Å²) in [6.45, 7) is 3.32. The summed E-state index contributed by atoms with van der Waals surface area (Å²) in [5.74, 6) is 0.960. The summed E-state index contributed by atoms with van der Waals surface area (Å²) >= 11 is 0. The van der Waals surface area contributed by atoms with E-state index < -0.39 is 5.91 Å². The summed E-state index contributed by atoms with van der Waals surface area (Å²) in [5.41, 5.74) is 7.72. The van der Waals surface area contributed by atoms with Crippen molar-refractivity contribution in [2.45, 2.75) is 26.4 Å². The predicted molar refractivity (Wildman–Crippen MR) is 94.7 cm³/mol. The van der Waals surface area contributed by atoms with E-state index in [0.29, 0.717) is 12.3 Å². The van der Waals surface area contributed by atoms with E-state index in [1.165, 1.54) is 11.1 Å². The number of carbonyl (C=O) groups excluding carboxylic acids is 1. The van der Waals surface area contributed by atoms with Gasteiger partial charge in [0.2, 0.25) is 0 Å². The Morgan fingerprint density at radius 1 is 1.21 bits per heavy atom. The topological polar surface area (TPSA) is 83.9 Å². The van der Waals surface area contributed by atoms with E-state index >= 15 is 0 Å². The van der Waals surface area contributed by atoms with Crippen molar-refractivity contribution in [2.75, 3.05) is 14.1 Å². The zero-order chi connectivity index (χ0) is 17.5. The van der Waals surface area contributed by atoms with Crippen LogP contribution in [-0.4, -0.2) is 30.9 Å². The lowest BCUT2D eigenvalue weighted by atomic mass is 10.1. The van der Waals surface area contributed by atoms with Gasteiger partial charge in [0.05, 0.1) is 6.54 Å². The highest BCUT2D eigenvalue weighted by atomic mass is 16.3. The van der Waals surface area contributed by atoms with E-state index in [1.807, 2.05) is 11.9 Å². The Morgan fingerprint density at radius 2 is 1.88 bits per heavy atom. The van der Waals surface area contributed by atoms with Gasteiger partial charge >= 0.3 is 0 Å². The van der Waals surface area contributed by atoms with E-state index in [1.54, 1.807) is 19.2 Å². The number of guanidine groups is 1. The van der Waals surface area contributed by atoms with Gasteiger partial charge in [-0.25, -0.2) is 0 Å². The molecule has 0 unspecified atom stereocenters. The molecule has 2 aromatic rings. The van der Waals surface area contributed by atoms with Gasteiger partial charge in [-0.2, -0.15) is 0 Å². The van der Waals surface area contributed by atoms with E-state index in [4.69, 9.17) is 10.2 Å². The van der Waals surface area contributed by atoms with Crippen LogP contribution < -0.4 is 11.1 Å². The van der Waals surface area contributed by atoms with Crippen molar-refractivity contribution in [2.24, 2.45) is 10.7 Å². The van der Waals surface area contributed by atoms with Gasteiger partial charge in [-0.05, 0) is 29.7 Å². The van der Waals surface area contributed by atoms with Crippen LogP contribution in [0.3, 0.4) is 0 Å². The molecule has 1 aromatic carbocycles. The average Bonchev–Trinajstić information content (AvgIpc) is 3.05. The molecule has 1 aromatic heterocycles. The van der Waals surface area contributed by atoms with Crippen molar-refractivity contribution in [1.82, 2.24) is 10.2 Å². The van der Waals surface area contributed by atoms with Crippen LogP contribution in [0.4, 0.5) is 0 Å². The van der Waals surface area contributed by atoms with E-state index in [0.717, 1.165) is 18.9 Å². The third-order valence-electron chi connectivity index (χ3n) is 3.75. The lowest BCUT2D eigenvalue weighted by Crippen LogP contribution is -2.37. The molecular weight excluding hydrogens is 304 g/mol. The number of aryl methyl sites for hydroxylation is 1. The Morgan fingerprint density at radius 3 is 2.42 bits per heavy atom. The van der Waals surface area contributed by atoms with Gasteiger partial charge in [-0.1, -0.05) is 31.2 Å². The molecule has 0 fully saturated rings. The molecule has 0 radical (unpaired) electrons. The Balaban J connectivity index is 1.92. The fourth-order valence-electron chi connectivity index (χ4n) is 2.39. The van der Waals surface area contributed by atoms with Crippen molar-refractivity contribution < 1.29 is 9.21 Å². The molecule has 3 N–H and O–H groups in total. The lowest BCUT2D eigenvalue weighted by Gasteiger charge is -2.22. The van der Waals surface area contributed by atoms with Gasteiger partial charge in [0.1, 0.15) is 5.76 Å². The molecule has 6 nitrogen and oxygen atoms in total. The standard InChI is InChI=1S/C18H24N4O2/c1-4-13-5-7-14(8-6-13)12-22(3)18(20-2)21-11-15-9-10-16(24-15)17(19)23/h5-10H,4,11-12H2,1-3H3,(H2,19,23)(H,20,21). The summed E-state index contributed by atoms with van der Waals surface area (Å²) in [7, 11) is 3.70. The zero-order valence-electron chi connectivity index (χ0n) is 14.4. The zero-order valence-corrected chi connectivity index (χ0v) is 14.4. The quantitative estimate of drug-likeness (QED) is 0.628. The van der Waals surface area contributed by atoms with E-state index in [9.17, 15) is 4.79 Å². The normalized spacial score (nSPS) is 11.4. The first-order valence-corrected chi connectivity index (χ1v) is 7.91. The van der Waals surface area contributed by atoms with Gasteiger partial charge in [0.25, 0.3) is 5.91 Å². The smallest absolute Gasteiger partial charge is 0.284 e. The monoisotopic (exact) mass is 328 g/mol. The van der Waals surface area contributed by atoms with Crippen LogP contribution in [0.2, 0.25) is 0 Å². The number of amides is 1. The van der Waals surface area contributed by atoms with Crippen LogP contribution in [-0.2, 0) is 19.5 Å². The summed E-state index contributed by atoms with van der Waals surface area (Å²) in [4.78, 5) is 17.3. The second-order valence-corrected chi connectivity index (χ2v) is 5.56. The van der Waals surface area contributed by atoms with Gasteiger partial charge in [0, 0.05) is 20.6 Å². The molecule has 0 aliphatic heterocycles. The van der Waals surface area contributed by atoms with Gasteiger partial charge in [-0.3, -0.25) is 9.79 Å². The maximum atomic E-state index is 11.0. The first-order valence-electron chi connectivity index (χ1n) is 7.91. The first kappa shape index (κ1) is 17.6. The van der Waals surface area contributed by atoms with E-state index in [2.05, 4.69) is 41.5 Å². The largest absolute Gasteiger partial charge is 0.454 e. The van der Waals surface area contributed by atoms with Crippen LogP contribution in [0.15, 0.2) is 45.8 Å². The fraction of sp³-hybridized carbons (Fsp3) is 0.333. The molecule has 6 heteroatoms. The van der Waals surface area contributed by atoms with Crippen molar-refractivity contribution in [3.05, 3.63) is 59.0 Å². The highest BCUT2D eigenvalue weighted by Gasteiger charge is 2.10. The molecule has 0 aliphatic rings. The SMILES string of the molecule is CCc1ccc(CN(C)C(=NC)NCc2ccc(C(N)=O)o2)cc1. The highest BCUT2D eigenvalue weighted by molar-refractivity contribution is 5.89. The Hall–Kier alpha value is -2.76. The van der Waals surface area contributed by atoms with Crippen molar-refractivity contribution in [3.63, 3.8) is 0 Å². The number of carbonyl (C=O) groups is 1. The minimum atomic E-state index is -0.571. The minimum Gasteiger partial charge on any atom is -0.454 e. The number of nitrogens with two attached hydrogens (primary N) is 1.